The molecule has 0 aromatic carbocycles. The molecule has 0 unspecified atom stereocenters. The molecule has 2 aliphatic carbocycles. The molecule has 2 saturated carbocycles. The molecular formula is C15H29NO. The van der Waals surface area contributed by atoms with Crippen molar-refractivity contribution < 1.29 is 5.11 Å². The standard InChI is InChI=1S/C15H29NO/c17-13-12-16(15-10-6-3-7-11-15)14-8-4-1-2-5-9-14/h14-15,17H,1-13H2. The molecular weight excluding hydrogens is 210 g/mol. The van der Waals surface area contributed by atoms with Crippen molar-refractivity contribution in [3.8, 4) is 0 Å². The molecule has 0 aromatic rings. The molecule has 2 rings (SSSR count). The Bertz CT molecular complexity index is 193. The maximum absolute atomic E-state index is 9.33. The number of nitrogens with zero attached hydrogens (tertiary/aromatic N) is 1. The highest BCUT2D eigenvalue weighted by Gasteiger charge is 2.27. The summed E-state index contributed by atoms with van der Waals surface area (Å²) in [4.78, 5) is 2.67. The minimum Gasteiger partial charge on any atom is -0.395 e. The summed E-state index contributed by atoms with van der Waals surface area (Å²) in [6.07, 6.45) is 15.4. The second kappa shape index (κ2) is 7.38. The zero-order valence-corrected chi connectivity index (χ0v) is 11.2. The van der Waals surface area contributed by atoms with Gasteiger partial charge in [-0.2, -0.15) is 0 Å². The Kier molecular flexibility index (Phi) is 5.79. The summed E-state index contributed by atoms with van der Waals surface area (Å²) in [7, 11) is 0. The predicted octanol–water partition coefficient (Wildman–Crippen LogP) is 3.34. The third kappa shape index (κ3) is 3.96. The van der Waals surface area contributed by atoms with Gasteiger partial charge in [0.2, 0.25) is 0 Å². The maximum atomic E-state index is 9.33. The molecule has 17 heavy (non-hydrogen) atoms. The van der Waals surface area contributed by atoms with Gasteiger partial charge in [0.15, 0.2) is 0 Å². The van der Waals surface area contributed by atoms with Crippen molar-refractivity contribution in [3.05, 3.63) is 0 Å². The Morgan fingerprint density at radius 2 is 1.12 bits per heavy atom. The van der Waals surface area contributed by atoms with E-state index in [0.717, 1.165) is 18.6 Å². The van der Waals surface area contributed by atoms with E-state index in [1.807, 2.05) is 0 Å². The fourth-order valence-corrected chi connectivity index (χ4v) is 3.78. The van der Waals surface area contributed by atoms with E-state index in [0.29, 0.717) is 6.61 Å². The smallest absolute Gasteiger partial charge is 0.0558 e. The molecule has 2 nitrogen and oxygen atoms in total. The third-order valence-corrected chi connectivity index (χ3v) is 4.70. The molecule has 0 aliphatic heterocycles. The molecule has 0 heterocycles. The Labute approximate surface area is 106 Å². The van der Waals surface area contributed by atoms with Crippen molar-refractivity contribution in [3.63, 3.8) is 0 Å². The van der Waals surface area contributed by atoms with Gasteiger partial charge in [0.25, 0.3) is 0 Å². The number of rotatable bonds is 4. The van der Waals surface area contributed by atoms with Crippen molar-refractivity contribution in [2.45, 2.75) is 82.7 Å². The molecule has 2 heteroatoms. The fourth-order valence-electron chi connectivity index (χ4n) is 3.78. The molecule has 2 fully saturated rings. The van der Waals surface area contributed by atoms with Crippen LogP contribution in [0.3, 0.4) is 0 Å². The largest absolute Gasteiger partial charge is 0.395 e. The van der Waals surface area contributed by atoms with E-state index in [9.17, 15) is 5.11 Å². The second-order valence-electron chi connectivity index (χ2n) is 5.90. The zero-order chi connectivity index (χ0) is 11.9. The molecule has 1 N–H and O–H groups in total. The summed E-state index contributed by atoms with van der Waals surface area (Å²) in [6, 6.07) is 1.55. The monoisotopic (exact) mass is 239 g/mol. The van der Waals surface area contributed by atoms with Crippen LogP contribution in [0.1, 0.15) is 70.6 Å². The van der Waals surface area contributed by atoms with Gasteiger partial charge in [0, 0.05) is 18.6 Å². The lowest BCUT2D eigenvalue weighted by Crippen LogP contribution is -2.45. The lowest BCUT2D eigenvalue weighted by Gasteiger charge is -2.39. The van der Waals surface area contributed by atoms with E-state index in [1.165, 1.54) is 70.6 Å². The minimum absolute atomic E-state index is 0.340. The van der Waals surface area contributed by atoms with Crippen molar-refractivity contribution in [1.82, 2.24) is 4.90 Å². The van der Waals surface area contributed by atoms with Crippen LogP contribution in [-0.2, 0) is 0 Å². The summed E-state index contributed by atoms with van der Waals surface area (Å²) in [5, 5.41) is 9.33. The van der Waals surface area contributed by atoms with Gasteiger partial charge in [0.1, 0.15) is 0 Å². The van der Waals surface area contributed by atoms with Crippen LogP contribution in [0, 0.1) is 0 Å². The van der Waals surface area contributed by atoms with Crippen LogP contribution < -0.4 is 0 Å². The highest BCUT2D eigenvalue weighted by molar-refractivity contribution is 4.82. The highest BCUT2D eigenvalue weighted by Crippen LogP contribution is 2.29. The molecule has 0 radical (unpaired) electrons. The molecule has 2 aliphatic rings. The number of aliphatic hydroxyl groups is 1. The SMILES string of the molecule is OCCN(C1CCCCCC1)C1CCCCC1. The first-order valence-electron chi connectivity index (χ1n) is 7.78. The van der Waals surface area contributed by atoms with Crippen LogP contribution in [-0.4, -0.2) is 35.2 Å². The molecule has 0 bridgehead atoms. The topological polar surface area (TPSA) is 23.5 Å². The first-order valence-corrected chi connectivity index (χ1v) is 7.78. The Hall–Kier alpha value is -0.0800. The zero-order valence-electron chi connectivity index (χ0n) is 11.2. The summed E-state index contributed by atoms with van der Waals surface area (Å²) < 4.78 is 0. The van der Waals surface area contributed by atoms with Crippen LogP contribution >= 0.6 is 0 Å². The number of hydrogen-bond donors (Lipinski definition) is 1. The Balaban J connectivity index is 1.93. The van der Waals surface area contributed by atoms with Crippen molar-refractivity contribution in [2.75, 3.05) is 13.2 Å². The Morgan fingerprint density at radius 1 is 0.706 bits per heavy atom. The quantitative estimate of drug-likeness (QED) is 0.761. The molecule has 0 amide bonds. The van der Waals surface area contributed by atoms with Crippen molar-refractivity contribution >= 4 is 0 Å². The molecule has 0 atom stereocenters. The summed E-state index contributed by atoms with van der Waals surface area (Å²) in [5.41, 5.74) is 0. The van der Waals surface area contributed by atoms with Gasteiger partial charge in [-0.15, -0.1) is 0 Å². The van der Waals surface area contributed by atoms with Crippen LogP contribution in [0.5, 0.6) is 0 Å². The molecule has 100 valence electrons. The second-order valence-corrected chi connectivity index (χ2v) is 5.90. The lowest BCUT2D eigenvalue weighted by molar-refractivity contribution is 0.0727. The van der Waals surface area contributed by atoms with E-state index in [2.05, 4.69) is 4.90 Å². The molecule has 0 aromatic heterocycles. The van der Waals surface area contributed by atoms with Gasteiger partial charge >= 0.3 is 0 Å². The van der Waals surface area contributed by atoms with Gasteiger partial charge in [0.05, 0.1) is 6.61 Å². The van der Waals surface area contributed by atoms with E-state index >= 15 is 0 Å². The van der Waals surface area contributed by atoms with Gasteiger partial charge < -0.3 is 5.11 Å². The maximum Gasteiger partial charge on any atom is 0.0558 e. The van der Waals surface area contributed by atoms with Crippen molar-refractivity contribution in [2.24, 2.45) is 0 Å². The number of aliphatic hydroxyl groups excluding tert-OH is 1. The van der Waals surface area contributed by atoms with Crippen molar-refractivity contribution in [1.29, 1.82) is 0 Å². The van der Waals surface area contributed by atoms with Gasteiger partial charge in [-0.05, 0) is 25.7 Å². The summed E-state index contributed by atoms with van der Waals surface area (Å²) in [6.45, 7) is 1.25. The van der Waals surface area contributed by atoms with Gasteiger partial charge in [-0.3, -0.25) is 4.90 Å². The fraction of sp³-hybridized carbons (Fsp3) is 1.00. The predicted molar refractivity (Wildman–Crippen MR) is 72.2 cm³/mol. The average Bonchev–Trinajstić information content (AvgIpc) is 2.66. The van der Waals surface area contributed by atoms with Crippen LogP contribution in [0.25, 0.3) is 0 Å². The minimum atomic E-state index is 0.340. The van der Waals surface area contributed by atoms with E-state index in [-0.39, 0.29) is 0 Å². The van der Waals surface area contributed by atoms with Crippen LogP contribution in [0.4, 0.5) is 0 Å². The van der Waals surface area contributed by atoms with Crippen LogP contribution in [0.15, 0.2) is 0 Å². The molecule has 0 saturated heterocycles. The van der Waals surface area contributed by atoms with Gasteiger partial charge in [-0.25, -0.2) is 0 Å². The number of hydrogen-bond acceptors (Lipinski definition) is 2. The van der Waals surface area contributed by atoms with Crippen LogP contribution in [0.2, 0.25) is 0 Å². The average molecular weight is 239 g/mol. The Morgan fingerprint density at radius 3 is 1.53 bits per heavy atom. The highest BCUT2D eigenvalue weighted by atomic mass is 16.3. The lowest BCUT2D eigenvalue weighted by atomic mass is 9.92. The van der Waals surface area contributed by atoms with E-state index < -0.39 is 0 Å². The normalized spacial score (nSPS) is 25.1. The first kappa shape index (κ1) is 13.4. The van der Waals surface area contributed by atoms with E-state index in [1.54, 1.807) is 0 Å². The summed E-state index contributed by atoms with van der Waals surface area (Å²) >= 11 is 0. The van der Waals surface area contributed by atoms with E-state index in [4.69, 9.17) is 0 Å². The first-order chi connectivity index (χ1) is 8.42. The molecule has 0 spiro atoms. The summed E-state index contributed by atoms with van der Waals surface area (Å²) in [5.74, 6) is 0. The third-order valence-electron chi connectivity index (χ3n) is 4.70. The van der Waals surface area contributed by atoms with Gasteiger partial charge in [-0.1, -0.05) is 44.9 Å².